The van der Waals surface area contributed by atoms with Crippen molar-refractivity contribution in [2.75, 3.05) is 4.72 Å². The summed E-state index contributed by atoms with van der Waals surface area (Å²) in [5.41, 5.74) is 0.769. The number of halogens is 1. The van der Waals surface area contributed by atoms with Crippen LogP contribution >= 0.6 is 0 Å². The van der Waals surface area contributed by atoms with Crippen molar-refractivity contribution in [3.63, 3.8) is 0 Å². The molecule has 0 amide bonds. The summed E-state index contributed by atoms with van der Waals surface area (Å²) in [6.45, 7) is 1.79. The lowest BCUT2D eigenvalue weighted by Gasteiger charge is -2.09. The van der Waals surface area contributed by atoms with Gasteiger partial charge in [-0.1, -0.05) is 24.3 Å². The van der Waals surface area contributed by atoms with Gasteiger partial charge in [0.15, 0.2) is 0 Å². The summed E-state index contributed by atoms with van der Waals surface area (Å²) in [5, 5.41) is 0. The predicted octanol–water partition coefficient (Wildman–Crippen LogP) is 2.93. The highest BCUT2D eigenvalue weighted by molar-refractivity contribution is 7.92. The highest BCUT2D eigenvalue weighted by Crippen LogP contribution is 2.19. The Morgan fingerprint density at radius 2 is 1.78 bits per heavy atom. The van der Waals surface area contributed by atoms with Crippen LogP contribution in [0.15, 0.2) is 53.4 Å². The Morgan fingerprint density at radius 3 is 2.44 bits per heavy atom. The molecule has 0 heterocycles. The van der Waals surface area contributed by atoms with E-state index < -0.39 is 15.8 Å². The Balaban J connectivity index is 2.37. The van der Waals surface area contributed by atoms with E-state index in [9.17, 15) is 12.8 Å². The van der Waals surface area contributed by atoms with E-state index in [0.29, 0.717) is 0 Å². The largest absolute Gasteiger partial charge is 0.277 e. The van der Waals surface area contributed by atoms with E-state index in [1.807, 2.05) is 0 Å². The summed E-state index contributed by atoms with van der Waals surface area (Å²) in [5.74, 6) is -0.603. The second kappa shape index (κ2) is 4.78. The van der Waals surface area contributed by atoms with Crippen LogP contribution in [-0.4, -0.2) is 8.42 Å². The topological polar surface area (TPSA) is 46.2 Å². The third kappa shape index (κ3) is 2.68. The molecule has 0 aliphatic carbocycles. The minimum Gasteiger partial charge on any atom is -0.277 e. The summed E-state index contributed by atoms with van der Waals surface area (Å²) < 4.78 is 39.7. The monoisotopic (exact) mass is 265 g/mol. The molecule has 18 heavy (non-hydrogen) atoms. The van der Waals surface area contributed by atoms with Crippen LogP contribution in [0.1, 0.15) is 5.56 Å². The van der Waals surface area contributed by atoms with Crippen molar-refractivity contribution in [2.24, 2.45) is 0 Å². The van der Waals surface area contributed by atoms with Gasteiger partial charge in [-0.25, -0.2) is 12.8 Å². The van der Waals surface area contributed by atoms with Crippen LogP contribution in [0.3, 0.4) is 0 Å². The van der Waals surface area contributed by atoms with E-state index in [0.717, 1.165) is 5.56 Å². The molecule has 94 valence electrons. The second-order valence-corrected chi connectivity index (χ2v) is 5.58. The number of hydrogen-bond donors (Lipinski definition) is 1. The second-order valence-electron chi connectivity index (χ2n) is 3.90. The first-order valence-electron chi connectivity index (χ1n) is 5.33. The van der Waals surface area contributed by atoms with Crippen molar-refractivity contribution >= 4 is 15.7 Å². The maximum Gasteiger partial charge on any atom is 0.261 e. The maximum atomic E-state index is 13.4. The number of aryl methyl sites for hydroxylation is 1. The SMILES string of the molecule is Cc1cccc(S(=O)(=O)Nc2ccccc2F)c1. The first-order valence-corrected chi connectivity index (χ1v) is 6.81. The average molecular weight is 265 g/mol. The van der Waals surface area contributed by atoms with E-state index in [1.165, 1.54) is 30.3 Å². The van der Waals surface area contributed by atoms with Gasteiger partial charge in [-0.3, -0.25) is 4.72 Å². The van der Waals surface area contributed by atoms with Gasteiger partial charge in [-0.15, -0.1) is 0 Å². The standard InChI is InChI=1S/C13H12FNO2S/c1-10-5-4-6-11(9-10)18(16,17)15-13-8-3-2-7-12(13)14/h2-9,15H,1H3. The Morgan fingerprint density at radius 1 is 1.06 bits per heavy atom. The molecule has 5 heteroatoms. The first kappa shape index (κ1) is 12.6. The van der Waals surface area contributed by atoms with Gasteiger partial charge >= 0.3 is 0 Å². The zero-order valence-corrected chi connectivity index (χ0v) is 10.5. The highest BCUT2D eigenvalue weighted by atomic mass is 32.2. The minimum absolute atomic E-state index is 0.0565. The van der Waals surface area contributed by atoms with Crippen LogP contribution in [0.2, 0.25) is 0 Å². The van der Waals surface area contributed by atoms with Gasteiger partial charge in [0.25, 0.3) is 10.0 Å². The van der Waals surface area contributed by atoms with Crippen molar-refractivity contribution in [2.45, 2.75) is 11.8 Å². The molecule has 0 bridgehead atoms. The van der Waals surface area contributed by atoms with Gasteiger partial charge in [0.05, 0.1) is 10.6 Å². The summed E-state index contributed by atoms with van der Waals surface area (Å²) in [6.07, 6.45) is 0. The molecule has 0 radical (unpaired) electrons. The molecular weight excluding hydrogens is 253 g/mol. The Labute approximate surface area is 105 Å². The normalized spacial score (nSPS) is 11.2. The minimum atomic E-state index is -3.75. The molecule has 3 nitrogen and oxygen atoms in total. The molecule has 0 fully saturated rings. The number of sulfonamides is 1. The van der Waals surface area contributed by atoms with Gasteiger partial charge in [0.1, 0.15) is 5.82 Å². The Hall–Kier alpha value is -1.88. The predicted molar refractivity (Wildman–Crippen MR) is 68.4 cm³/mol. The Bertz CT molecular complexity index is 668. The molecule has 0 unspecified atom stereocenters. The van der Waals surface area contributed by atoms with Gasteiger partial charge in [-0.05, 0) is 36.8 Å². The van der Waals surface area contributed by atoms with Gasteiger partial charge in [0.2, 0.25) is 0 Å². The molecule has 0 saturated carbocycles. The smallest absolute Gasteiger partial charge is 0.261 e. The third-order valence-corrected chi connectivity index (χ3v) is 3.78. The number of hydrogen-bond acceptors (Lipinski definition) is 2. The molecule has 1 N–H and O–H groups in total. The molecule has 0 atom stereocenters. The van der Waals surface area contributed by atoms with Crippen LogP contribution in [0.4, 0.5) is 10.1 Å². The van der Waals surface area contributed by atoms with Crippen LogP contribution in [-0.2, 0) is 10.0 Å². The zero-order chi connectivity index (χ0) is 13.2. The van der Waals surface area contributed by atoms with E-state index in [2.05, 4.69) is 4.72 Å². The van der Waals surface area contributed by atoms with Gasteiger partial charge < -0.3 is 0 Å². The fourth-order valence-electron chi connectivity index (χ4n) is 1.53. The lowest BCUT2D eigenvalue weighted by atomic mass is 10.2. The summed E-state index contributed by atoms with van der Waals surface area (Å²) in [4.78, 5) is 0.116. The molecule has 2 rings (SSSR count). The molecule has 0 aliphatic heterocycles. The van der Waals surface area contributed by atoms with Crippen LogP contribution in [0, 0.1) is 12.7 Å². The quantitative estimate of drug-likeness (QED) is 0.927. The molecule has 0 saturated heterocycles. The van der Waals surface area contributed by atoms with Crippen LogP contribution < -0.4 is 4.72 Å². The molecule has 2 aromatic carbocycles. The van der Waals surface area contributed by atoms with Crippen molar-refractivity contribution in [3.05, 3.63) is 59.9 Å². The lowest BCUT2D eigenvalue weighted by molar-refractivity contribution is 0.598. The van der Waals surface area contributed by atoms with Crippen LogP contribution in [0.5, 0.6) is 0 Å². The maximum absolute atomic E-state index is 13.4. The lowest BCUT2D eigenvalue weighted by Crippen LogP contribution is -2.13. The summed E-state index contributed by atoms with van der Waals surface area (Å²) in [7, 11) is -3.75. The number of anilines is 1. The van der Waals surface area contributed by atoms with Crippen LogP contribution in [0.25, 0.3) is 0 Å². The Kier molecular flexibility index (Phi) is 3.34. The average Bonchev–Trinajstić information content (AvgIpc) is 2.32. The molecule has 0 aromatic heterocycles. The third-order valence-electron chi connectivity index (χ3n) is 2.42. The first-order chi connectivity index (χ1) is 8.49. The molecular formula is C13H12FNO2S. The molecule has 0 aliphatic rings. The van der Waals surface area contributed by atoms with E-state index in [-0.39, 0.29) is 10.6 Å². The molecule has 0 spiro atoms. The van der Waals surface area contributed by atoms with E-state index >= 15 is 0 Å². The fourth-order valence-corrected chi connectivity index (χ4v) is 2.70. The van der Waals surface area contributed by atoms with Gasteiger partial charge in [-0.2, -0.15) is 0 Å². The highest BCUT2D eigenvalue weighted by Gasteiger charge is 2.15. The number of nitrogens with one attached hydrogen (secondary N) is 1. The van der Waals surface area contributed by atoms with E-state index in [4.69, 9.17) is 0 Å². The number of benzene rings is 2. The van der Waals surface area contributed by atoms with Crippen molar-refractivity contribution in [1.29, 1.82) is 0 Å². The molecule has 2 aromatic rings. The van der Waals surface area contributed by atoms with Gasteiger partial charge in [0, 0.05) is 0 Å². The van der Waals surface area contributed by atoms with E-state index in [1.54, 1.807) is 25.1 Å². The summed E-state index contributed by atoms with van der Waals surface area (Å²) >= 11 is 0. The number of para-hydroxylation sites is 1. The zero-order valence-electron chi connectivity index (χ0n) is 9.72. The fraction of sp³-hybridized carbons (Fsp3) is 0.0769. The number of rotatable bonds is 3. The summed E-state index contributed by atoms with van der Waals surface area (Å²) in [6, 6.07) is 12.1. The van der Waals surface area contributed by atoms with Crippen molar-refractivity contribution in [1.82, 2.24) is 0 Å². The van der Waals surface area contributed by atoms with Crippen molar-refractivity contribution < 1.29 is 12.8 Å². The van der Waals surface area contributed by atoms with Crippen molar-refractivity contribution in [3.8, 4) is 0 Å².